The smallest absolute Gasteiger partial charge is 0.130 e. The predicted octanol–water partition coefficient (Wildman–Crippen LogP) is 5.87. The Morgan fingerprint density at radius 2 is 1.85 bits per heavy atom. The van der Waals surface area contributed by atoms with Gasteiger partial charge in [-0.25, -0.2) is 0 Å². The SMILES string of the molecule is CCCCCC(CC(C)=O)C1C(C)CCC(C)C1(C)C. The van der Waals surface area contributed by atoms with Gasteiger partial charge in [-0.3, -0.25) is 0 Å². The lowest BCUT2D eigenvalue weighted by Gasteiger charge is -2.51. The van der Waals surface area contributed by atoms with Crippen LogP contribution in [0, 0.1) is 29.1 Å². The molecule has 118 valence electrons. The van der Waals surface area contributed by atoms with Crippen molar-refractivity contribution in [3.63, 3.8) is 0 Å². The first-order chi connectivity index (χ1) is 9.30. The molecule has 0 aromatic rings. The zero-order valence-electron chi connectivity index (χ0n) is 14.7. The highest BCUT2D eigenvalue weighted by Gasteiger charge is 2.45. The van der Waals surface area contributed by atoms with Crippen molar-refractivity contribution in [3.8, 4) is 0 Å². The molecule has 0 aromatic carbocycles. The van der Waals surface area contributed by atoms with Crippen LogP contribution in [0.2, 0.25) is 0 Å². The van der Waals surface area contributed by atoms with Crippen LogP contribution in [0.5, 0.6) is 0 Å². The molecule has 1 aliphatic rings. The molecular formula is C19H36O. The topological polar surface area (TPSA) is 17.1 Å². The third kappa shape index (κ3) is 4.33. The van der Waals surface area contributed by atoms with E-state index >= 15 is 0 Å². The van der Waals surface area contributed by atoms with Crippen LogP contribution in [0.1, 0.15) is 86.5 Å². The maximum Gasteiger partial charge on any atom is 0.130 e. The molecular weight excluding hydrogens is 244 g/mol. The summed E-state index contributed by atoms with van der Waals surface area (Å²) in [5.74, 6) is 3.25. The van der Waals surface area contributed by atoms with Crippen molar-refractivity contribution < 1.29 is 4.79 Å². The Kier molecular flexibility index (Phi) is 6.75. The number of hydrogen-bond acceptors (Lipinski definition) is 1. The molecule has 1 aliphatic carbocycles. The summed E-state index contributed by atoms with van der Waals surface area (Å²) in [4.78, 5) is 11.7. The second kappa shape index (κ2) is 7.61. The molecule has 0 aromatic heterocycles. The van der Waals surface area contributed by atoms with Crippen LogP contribution in [0.15, 0.2) is 0 Å². The average molecular weight is 280 g/mol. The number of carbonyl (C=O) groups is 1. The minimum atomic E-state index is 0.379. The van der Waals surface area contributed by atoms with E-state index in [2.05, 4.69) is 34.6 Å². The number of carbonyl (C=O) groups excluding carboxylic acids is 1. The first-order valence-corrected chi connectivity index (χ1v) is 8.80. The molecule has 0 radical (unpaired) electrons. The summed E-state index contributed by atoms with van der Waals surface area (Å²) in [6.07, 6.45) is 8.62. The van der Waals surface area contributed by atoms with E-state index in [1.807, 2.05) is 0 Å². The van der Waals surface area contributed by atoms with Gasteiger partial charge in [0.25, 0.3) is 0 Å². The molecule has 20 heavy (non-hydrogen) atoms. The standard InChI is InChI=1S/C19H36O/c1-7-8-9-10-17(13-16(4)20)18-14(2)11-12-15(3)19(18,5)6/h14-15,17-18H,7-13H2,1-6H3. The Morgan fingerprint density at radius 3 is 2.40 bits per heavy atom. The van der Waals surface area contributed by atoms with Gasteiger partial charge < -0.3 is 4.79 Å². The number of Topliss-reactive ketones (excluding diaryl/α,β-unsaturated/α-hetero) is 1. The Hall–Kier alpha value is -0.330. The Labute approximate surface area is 126 Å². The third-order valence-corrected chi connectivity index (χ3v) is 6.03. The fraction of sp³-hybridized carbons (Fsp3) is 0.947. The van der Waals surface area contributed by atoms with Crippen molar-refractivity contribution in [1.82, 2.24) is 0 Å². The van der Waals surface area contributed by atoms with Crippen LogP contribution in [0.4, 0.5) is 0 Å². The van der Waals surface area contributed by atoms with Gasteiger partial charge in [0.15, 0.2) is 0 Å². The number of rotatable bonds is 7. The van der Waals surface area contributed by atoms with Gasteiger partial charge in [-0.2, -0.15) is 0 Å². The van der Waals surface area contributed by atoms with Gasteiger partial charge in [-0.05, 0) is 48.9 Å². The highest BCUT2D eigenvalue weighted by molar-refractivity contribution is 5.75. The van der Waals surface area contributed by atoms with Crippen molar-refractivity contribution in [2.45, 2.75) is 86.5 Å². The summed E-state index contributed by atoms with van der Waals surface area (Å²) >= 11 is 0. The van der Waals surface area contributed by atoms with Gasteiger partial charge in [0.05, 0.1) is 0 Å². The molecule has 1 nitrogen and oxygen atoms in total. The second-order valence-corrected chi connectivity index (χ2v) is 7.96. The highest BCUT2D eigenvalue weighted by Crippen LogP contribution is 2.52. The van der Waals surface area contributed by atoms with E-state index in [1.54, 1.807) is 6.92 Å². The fourth-order valence-corrected chi connectivity index (χ4v) is 4.63. The number of unbranched alkanes of at least 4 members (excludes halogenated alkanes) is 2. The van der Waals surface area contributed by atoms with Crippen molar-refractivity contribution in [2.75, 3.05) is 0 Å². The van der Waals surface area contributed by atoms with Crippen molar-refractivity contribution in [2.24, 2.45) is 29.1 Å². The van der Waals surface area contributed by atoms with E-state index in [1.165, 1.54) is 38.5 Å². The summed E-state index contributed by atoms with van der Waals surface area (Å²) in [6, 6.07) is 0. The average Bonchev–Trinajstić information content (AvgIpc) is 2.33. The quantitative estimate of drug-likeness (QED) is 0.533. The van der Waals surface area contributed by atoms with Crippen molar-refractivity contribution in [3.05, 3.63) is 0 Å². The lowest BCUT2D eigenvalue weighted by Crippen LogP contribution is -2.44. The summed E-state index contributed by atoms with van der Waals surface area (Å²) in [5.41, 5.74) is 0.379. The lowest BCUT2D eigenvalue weighted by atomic mass is 9.54. The van der Waals surface area contributed by atoms with Gasteiger partial charge in [-0.1, -0.05) is 60.3 Å². The van der Waals surface area contributed by atoms with E-state index in [4.69, 9.17) is 0 Å². The monoisotopic (exact) mass is 280 g/mol. The van der Waals surface area contributed by atoms with Crippen LogP contribution < -0.4 is 0 Å². The first-order valence-electron chi connectivity index (χ1n) is 8.80. The molecule has 0 heterocycles. The number of ketones is 1. The van der Waals surface area contributed by atoms with Gasteiger partial charge in [0, 0.05) is 6.42 Å². The number of hydrogen-bond donors (Lipinski definition) is 0. The molecule has 0 spiro atoms. The van der Waals surface area contributed by atoms with E-state index < -0.39 is 0 Å². The summed E-state index contributed by atoms with van der Waals surface area (Å²) in [6.45, 7) is 13.8. The van der Waals surface area contributed by atoms with Crippen LogP contribution in [-0.4, -0.2) is 5.78 Å². The highest BCUT2D eigenvalue weighted by atomic mass is 16.1. The Morgan fingerprint density at radius 1 is 1.20 bits per heavy atom. The van der Waals surface area contributed by atoms with E-state index in [0.717, 1.165) is 18.3 Å². The molecule has 0 amide bonds. The maximum atomic E-state index is 11.7. The fourth-order valence-electron chi connectivity index (χ4n) is 4.63. The zero-order chi connectivity index (χ0) is 15.3. The van der Waals surface area contributed by atoms with Crippen molar-refractivity contribution in [1.29, 1.82) is 0 Å². The van der Waals surface area contributed by atoms with Gasteiger partial charge in [0.1, 0.15) is 5.78 Å². The third-order valence-electron chi connectivity index (χ3n) is 6.03. The molecule has 1 heteroatoms. The van der Waals surface area contributed by atoms with Crippen LogP contribution >= 0.6 is 0 Å². The predicted molar refractivity (Wildman–Crippen MR) is 87.8 cm³/mol. The second-order valence-electron chi connectivity index (χ2n) is 7.96. The first kappa shape index (κ1) is 17.7. The molecule has 0 saturated heterocycles. The molecule has 4 atom stereocenters. The van der Waals surface area contributed by atoms with Crippen LogP contribution in [-0.2, 0) is 4.79 Å². The normalized spacial score (nSPS) is 31.0. The van der Waals surface area contributed by atoms with E-state index in [0.29, 0.717) is 23.0 Å². The van der Waals surface area contributed by atoms with E-state index in [9.17, 15) is 4.79 Å². The van der Waals surface area contributed by atoms with Gasteiger partial charge >= 0.3 is 0 Å². The van der Waals surface area contributed by atoms with Crippen LogP contribution in [0.25, 0.3) is 0 Å². The summed E-state index contributed by atoms with van der Waals surface area (Å²) in [5, 5.41) is 0. The lowest BCUT2D eigenvalue weighted by molar-refractivity contribution is -0.120. The van der Waals surface area contributed by atoms with E-state index in [-0.39, 0.29) is 0 Å². The molecule has 0 N–H and O–H groups in total. The molecule has 0 bridgehead atoms. The molecule has 0 aliphatic heterocycles. The molecule has 1 saturated carbocycles. The summed E-state index contributed by atoms with van der Waals surface area (Å²) in [7, 11) is 0. The maximum absolute atomic E-state index is 11.7. The summed E-state index contributed by atoms with van der Waals surface area (Å²) < 4.78 is 0. The molecule has 1 fully saturated rings. The molecule has 1 rings (SSSR count). The van der Waals surface area contributed by atoms with Crippen molar-refractivity contribution >= 4 is 5.78 Å². The Bertz CT molecular complexity index is 305. The van der Waals surface area contributed by atoms with Gasteiger partial charge in [-0.15, -0.1) is 0 Å². The minimum Gasteiger partial charge on any atom is -0.300 e. The minimum absolute atomic E-state index is 0.379. The largest absolute Gasteiger partial charge is 0.300 e. The Balaban J connectivity index is 2.86. The van der Waals surface area contributed by atoms with Crippen LogP contribution in [0.3, 0.4) is 0 Å². The zero-order valence-corrected chi connectivity index (χ0v) is 14.7. The van der Waals surface area contributed by atoms with Gasteiger partial charge in [0.2, 0.25) is 0 Å². The molecule has 4 unspecified atom stereocenters.